The van der Waals surface area contributed by atoms with Gasteiger partial charge in [0, 0.05) is 6.42 Å². The van der Waals surface area contributed by atoms with E-state index in [0.29, 0.717) is 23.4 Å². The number of carbonyl (C=O) groups is 2. The summed E-state index contributed by atoms with van der Waals surface area (Å²) < 4.78 is 5.47. The van der Waals surface area contributed by atoms with E-state index in [1.54, 1.807) is 0 Å². The number of nitrogens with zero attached hydrogens (tertiary/aromatic N) is 3. The second kappa shape index (κ2) is 6.68. The fraction of sp³-hybridized carbons (Fsp3) is 0.200. The molecule has 7 heteroatoms. The first kappa shape index (κ1) is 17.0. The van der Waals surface area contributed by atoms with Gasteiger partial charge < -0.3 is 9.73 Å². The van der Waals surface area contributed by atoms with Crippen molar-refractivity contribution in [3.05, 3.63) is 83.6 Å². The Labute approximate surface area is 156 Å². The summed E-state index contributed by atoms with van der Waals surface area (Å²) >= 11 is 0. The highest BCUT2D eigenvalue weighted by atomic mass is 16.4. The van der Waals surface area contributed by atoms with Gasteiger partial charge in [-0.2, -0.15) is 0 Å². The van der Waals surface area contributed by atoms with Crippen LogP contribution in [0.1, 0.15) is 29.8 Å². The number of amides is 3. The van der Waals surface area contributed by atoms with Crippen molar-refractivity contribution < 1.29 is 14.0 Å². The lowest BCUT2D eigenvalue weighted by Gasteiger charge is -2.27. The third kappa shape index (κ3) is 2.77. The van der Waals surface area contributed by atoms with Crippen LogP contribution in [0.15, 0.2) is 65.1 Å². The van der Waals surface area contributed by atoms with Gasteiger partial charge in [-0.1, -0.05) is 67.6 Å². The van der Waals surface area contributed by atoms with Crippen LogP contribution in [0.25, 0.3) is 0 Å². The summed E-state index contributed by atoms with van der Waals surface area (Å²) in [6.07, 6.45) is 0.588. The Morgan fingerprint density at radius 1 is 0.926 bits per heavy atom. The van der Waals surface area contributed by atoms with Gasteiger partial charge in [0.2, 0.25) is 11.8 Å². The average Bonchev–Trinajstić information content (AvgIpc) is 3.28. The first-order valence-electron chi connectivity index (χ1n) is 8.71. The highest BCUT2D eigenvalue weighted by Gasteiger charge is 2.53. The lowest BCUT2D eigenvalue weighted by atomic mass is 9.82. The van der Waals surface area contributed by atoms with E-state index in [1.165, 1.54) is 0 Å². The fourth-order valence-electron chi connectivity index (χ4n) is 3.28. The first-order chi connectivity index (χ1) is 13.1. The molecule has 0 bridgehead atoms. The van der Waals surface area contributed by atoms with Crippen molar-refractivity contribution >= 4 is 11.9 Å². The Morgan fingerprint density at radius 3 is 2.00 bits per heavy atom. The van der Waals surface area contributed by atoms with Crippen molar-refractivity contribution in [1.29, 1.82) is 0 Å². The van der Waals surface area contributed by atoms with Crippen molar-refractivity contribution in [2.75, 3.05) is 0 Å². The van der Waals surface area contributed by atoms with Crippen LogP contribution in [-0.4, -0.2) is 27.0 Å². The number of urea groups is 1. The number of rotatable bonds is 5. The number of benzene rings is 2. The van der Waals surface area contributed by atoms with Crippen LogP contribution in [-0.2, 0) is 23.3 Å². The zero-order chi connectivity index (χ0) is 18.9. The summed E-state index contributed by atoms with van der Waals surface area (Å²) in [6, 6.07) is 17.9. The Balaban J connectivity index is 1.77. The maximum absolute atomic E-state index is 13.5. The van der Waals surface area contributed by atoms with E-state index in [-0.39, 0.29) is 18.3 Å². The lowest BCUT2D eigenvalue weighted by Crippen LogP contribution is -2.45. The van der Waals surface area contributed by atoms with Gasteiger partial charge in [-0.3, -0.25) is 9.69 Å². The minimum absolute atomic E-state index is 0.0704. The summed E-state index contributed by atoms with van der Waals surface area (Å²) in [5.74, 6) is 0.322. The van der Waals surface area contributed by atoms with Crippen LogP contribution in [0.3, 0.4) is 0 Å². The quantitative estimate of drug-likeness (QED) is 0.705. The molecule has 1 aliphatic heterocycles. The topological polar surface area (TPSA) is 88.3 Å². The van der Waals surface area contributed by atoms with Crippen molar-refractivity contribution in [2.45, 2.75) is 25.4 Å². The molecule has 27 heavy (non-hydrogen) atoms. The molecule has 1 aromatic heterocycles. The van der Waals surface area contributed by atoms with Crippen LogP contribution in [0.5, 0.6) is 0 Å². The van der Waals surface area contributed by atoms with E-state index in [2.05, 4.69) is 15.5 Å². The molecule has 1 fully saturated rings. The van der Waals surface area contributed by atoms with Crippen molar-refractivity contribution in [2.24, 2.45) is 0 Å². The van der Waals surface area contributed by atoms with E-state index >= 15 is 0 Å². The Morgan fingerprint density at radius 2 is 1.48 bits per heavy atom. The summed E-state index contributed by atoms with van der Waals surface area (Å²) in [7, 11) is 0. The molecule has 136 valence electrons. The summed E-state index contributed by atoms with van der Waals surface area (Å²) in [6.45, 7) is 1.82. The lowest BCUT2D eigenvalue weighted by molar-refractivity contribution is -0.130. The molecule has 7 nitrogen and oxygen atoms in total. The molecule has 0 unspecified atom stereocenters. The first-order valence-corrected chi connectivity index (χ1v) is 8.71. The largest absolute Gasteiger partial charge is 0.423 e. The van der Waals surface area contributed by atoms with Crippen molar-refractivity contribution in [1.82, 2.24) is 20.4 Å². The van der Waals surface area contributed by atoms with Gasteiger partial charge in [-0.15, -0.1) is 10.2 Å². The highest BCUT2D eigenvalue weighted by molar-refractivity contribution is 6.09. The minimum Gasteiger partial charge on any atom is -0.423 e. The van der Waals surface area contributed by atoms with Crippen LogP contribution in [0, 0.1) is 0 Å². The predicted octanol–water partition coefficient (Wildman–Crippen LogP) is 2.63. The molecule has 2 aromatic carbocycles. The normalized spacial score (nSPS) is 15.8. The molecule has 3 aromatic rings. The molecular weight excluding hydrogens is 344 g/mol. The molecule has 0 atom stereocenters. The van der Waals surface area contributed by atoms with E-state index in [9.17, 15) is 9.59 Å². The number of aryl methyl sites for hydroxylation is 1. The van der Waals surface area contributed by atoms with Crippen molar-refractivity contribution in [3.63, 3.8) is 0 Å². The van der Waals surface area contributed by atoms with Gasteiger partial charge in [0.25, 0.3) is 5.91 Å². The number of imide groups is 1. The molecule has 0 radical (unpaired) electrons. The van der Waals surface area contributed by atoms with E-state index < -0.39 is 11.6 Å². The number of aromatic nitrogens is 2. The van der Waals surface area contributed by atoms with E-state index in [4.69, 9.17) is 4.42 Å². The molecular formula is C20H18N4O3. The maximum atomic E-state index is 13.5. The van der Waals surface area contributed by atoms with Gasteiger partial charge in [0.1, 0.15) is 6.54 Å². The minimum atomic E-state index is -1.28. The molecule has 1 aliphatic rings. The highest BCUT2D eigenvalue weighted by Crippen LogP contribution is 2.36. The van der Waals surface area contributed by atoms with Crippen LogP contribution >= 0.6 is 0 Å². The molecule has 1 saturated heterocycles. The fourth-order valence-corrected chi connectivity index (χ4v) is 3.28. The number of hydrogen-bond acceptors (Lipinski definition) is 5. The standard InChI is InChI=1S/C20H18N4O3/c1-2-16-22-23-17(27-16)13-24-18(25)20(21-19(24)26,14-9-5-3-6-10-14)15-11-7-4-8-12-15/h3-12H,2,13H2,1H3,(H,21,26). The number of hydrogen-bond donors (Lipinski definition) is 1. The summed E-state index contributed by atoms with van der Waals surface area (Å²) in [4.78, 5) is 27.3. The molecule has 0 spiro atoms. The van der Waals surface area contributed by atoms with Gasteiger partial charge in [0.05, 0.1) is 0 Å². The SMILES string of the molecule is CCc1nnc(CN2C(=O)NC(c3ccccc3)(c3ccccc3)C2=O)o1. The van der Waals surface area contributed by atoms with Gasteiger partial charge >= 0.3 is 6.03 Å². The monoisotopic (exact) mass is 362 g/mol. The van der Waals surface area contributed by atoms with Crippen LogP contribution < -0.4 is 5.32 Å². The second-order valence-electron chi connectivity index (χ2n) is 6.25. The zero-order valence-electron chi connectivity index (χ0n) is 14.8. The molecule has 2 heterocycles. The molecule has 4 rings (SSSR count). The van der Waals surface area contributed by atoms with Crippen molar-refractivity contribution in [3.8, 4) is 0 Å². The molecule has 3 amide bonds. The Hall–Kier alpha value is -3.48. The number of carbonyl (C=O) groups excluding carboxylic acids is 2. The smallest absolute Gasteiger partial charge is 0.326 e. The molecule has 0 aliphatic carbocycles. The summed E-state index contributed by atoms with van der Waals surface area (Å²) in [5, 5.41) is 10.7. The Kier molecular flexibility index (Phi) is 4.19. The van der Waals surface area contributed by atoms with Crippen LogP contribution in [0.4, 0.5) is 4.79 Å². The average molecular weight is 362 g/mol. The molecule has 0 saturated carbocycles. The summed E-state index contributed by atoms with van der Waals surface area (Å²) in [5.41, 5.74) is 0.0985. The third-order valence-electron chi connectivity index (χ3n) is 4.62. The molecule has 1 N–H and O–H groups in total. The predicted molar refractivity (Wildman–Crippen MR) is 96.4 cm³/mol. The van der Waals surface area contributed by atoms with E-state index in [1.807, 2.05) is 67.6 Å². The van der Waals surface area contributed by atoms with Gasteiger partial charge in [-0.25, -0.2) is 4.79 Å². The van der Waals surface area contributed by atoms with Gasteiger partial charge in [0.15, 0.2) is 5.54 Å². The van der Waals surface area contributed by atoms with Crippen LogP contribution in [0.2, 0.25) is 0 Å². The maximum Gasteiger partial charge on any atom is 0.326 e. The third-order valence-corrected chi connectivity index (χ3v) is 4.62. The van der Waals surface area contributed by atoms with Gasteiger partial charge in [-0.05, 0) is 11.1 Å². The van der Waals surface area contributed by atoms with E-state index in [0.717, 1.165) is 4.90 Å². The second-order valence-corrected chi connectivity index (χ2v) is 6.25. The Bertz CT molecular complexity index is 930. The zero-order valence-corrected chi connectivity index (χ0v) is 14.8. The number of nitrogens with one attached hydrogen (secondary N) is 1.